The number of aryl methyl sites for hydroxylation is 3. The van der Waals surface area contributed by atoms with Gasteiger partial charge in [0.05, 0.1) is 0 Å². The van der Waals surface area contributed by atoms with Crippen molar-refractivity contribution in [3.63, 3.8) is 0 Å². The number of carbonyl (C=O) groups excluding carboxylic acids is 1. The molecule has 0 N–H and O–H groups in total. The van der Waals surface area contributed by atoms with Crippen LogP contribution in [-0.2, 0) is 19.3 Å². The molecule has 0 radical (unpaired) electrons. The van der Waals surface area contributed by atoms with E-state index >= 15 is 0 Å². The van der Waals surface area contributed by atoms with Crippen LogP contribution in [0.2, 0.25) is 0 Å². The number of carbonyl (C=O) groups is 1. The summed E-state index contributed by atoms with van der Waals surface area (Å²) in [4.78, 5) is 15.2. The molecule has 0 spiro atoms. The highest BCUT2D eigenvalue weighted by atomic mass is 16.1. The number of benzene rings is 1. The second kappa shape index (κ2) is 6.47. The average Bonchev–Trinajstić information content (AvgIpc) is 2.53. The third kappa shape index (κ3) is 2.79. The SMILES string of the molecule is CCc1cc(CC)c(-c2cncc(C=O)c2)c(CC)c1. The summed E-state index contributed by atoms with van der Waals surface area (Å²) in [5.74, 6) is 0. The maximum absolute atomic E-state index is 11.0. The molecule has 2 rings (SSSR count). The summed E-state index contributed by atoms with van der Waals surface area (Å²) in [5.41, 5.74) is 6.99. The van der Waals surface area contributed by atoms with Crippen LogP contribution in [0.15, 0.2) is 30.6 Å². The number of hydrogen-bond acceptors (Lipinski definition) is 2. The van der Waals surface area contributed by atoms with Crippen molar-refractivity contribution in [1.29, 1.82) is 0 Å². The Kier molecular flexibility index (Phi) is 4.67. The molecule has 2 heteroatoms. The van der Waals surface area contributed by atoms with Crippen molar-refractivity contribution in [2.75, 3.05) is 0 Å². The topological polar surface area (TPSA) is 30.0 Å². The second-order valence-corrected chi connectivity index (χ2v) is 4.97. The summed E-state index contributed by atoms with van der Waals surface area (Å²) >= 11 is 0. The van der Waals surface area contributed by atoms with Gasteiger partial charge < -0.3 is 0 Å². The Labute approximate surface area is 120 Å². The predicted octanol–water partition coefficient (Wildman–Crippen LogP) is 4.25. The fourth-order valence-corrected chi connectivity index (χ4v) is 2.63. The molecule has 0 aliphatic rings. The molecule has 2 nitrogen and oxygen atoms in total. The molecule has 0 unspecified atom stereocenters. The second-order valence-electron chi connectivity index (χ2n) is 4.97. The van der Waals surface area contributed by atoms with Gasteiger partial charge in [-0.2, -0.15) is 0 Å². The van der Waals surface area contributed by atoms with Crippen LogP contribution < -0.4 is 0 Å². The Morgan fingerprint density at radius 2 is 1.60 bits per heavy atom. The van der Waals surface area contributed by atoms with E-state index in [0.29, 0.717) is 5.56 Å². The number of nitrogens with zero attached hydrogens (tertiary/aromatic N) is 1. The highest BCUT2D eigenvalue weighted by Crippen LogP contribution is 2.30. The molecular formula is C18H21NO. The monoisotopic (exact) mass is 267 g/mol. The summed E-state index contributed by atoms with van der Waals surface area (Å²) < 4.78 is 0. The van der Waals surface area contributed by atoms with E-state index in [1.165, 1.54) is 22.3 Å². The van der Waals surface area contributed by atoms with Crippen molar-refractivity contribution in [2.45, 2.75) is 40.0 Å². The van der Waals surface area contributed by atoms with Gasteiger partial charge in [0.2, 0.25) is 0 Å². The quantitative estimate of drug-likeness (QED) is 0.758. The van der Waals surface area contributed by atoms with Crippen molar-refractivity contribution in [1.82, 2.24) is 4.98 Å². The number of hydrogen-bond donors (Lipinski definition) is 0. The van der Waals surface area contributed by atoms with Gasteiger partial charge in [-0.3, -0.25) is 9.78 Å². The summed E-state index contributed by atoms with van der Waals surface area (Å²) in [6, 6.07) is 6.49. The zero-order valence-electron chi connectivity index (χ0n) is 12.4. The molecule has 0 aliphatic heterocycles. The van der Waals surface area contributed by atoms with Crippen LogP contribution in [0.1, 0.15) is 47.8 Å². The van der Waals surface area contributed by atoms with E-state index in [1.807, 2.05) is 12.3 Å². The van der Waals surface area contributed by atoms with Gasteiger partial charge in [-0.15, -0.1) is 0 Å². The van der Waals surface area contributed by atoms with Crippen LogP contribution in [0.25, 0.3) is 11.1 Å². The lowest BCUT2D eigenvalue weighted by atomic mass is 9.89. The fraction of sp³-hybridized carbons (Fsp3) is 0.333. The maximum atomic E-state index is 11.0. The van der Waals surface area contributed by atoms with Gasteiger partial charge in [0.1, 0.15) is 0 Å². The molecule has 1 aromatic heterocycles. The van der Waals surface area contributed by atoms with Crippen LogP contribution in [0.4, 0.5) is 0 Å². The Morgan fingerprint density at radius 1 is 0.950 bits per heavy atom. The van der Waals surface area contributed by atoms with Crippen LogP contribution in [0.5, 0.6) is 0 Å². The minimum Gasteiger partial charge on any atom is -0.298 e. The van der Waals surface area contributed by atoms with Crippen molar-refractivity contribution < 1.29 is 4.79 Å². The van der Waals surface area contributed by atoms with E-state index in [0.717, 1.165) is 31.1 Å². The molecule has 0 saturated heterocycles. The van der Waals surface area contributed by atoms with Crippen molar-refractivity contribution >= 4 is 6.29 Å². The Bertz CT molecular complexity index is 592. The Balaban J connectivity index is 2.67. The Hall–Kier alpha value is -1.96. The van der Waals surface area contributed by atoms with E-state index in [9.17, 15) is 4.79 Å². The average molecular weight is 267 g/mol. The maximum Gasteiger partial charge on any atom is 0.151 e. The summed E-state index contributed by atoms with van der Waals surface area (Å²) in [6.45, 7) is 6.53. The molecule has 0 saturated carbocycles. The first-order valence-corrected chi connectivity index (χ1v) is 7.28. The summed E-state index contributed by atoms with van der Waals surface area (Å²) in [7, 11) is 0. The largest absolute Gasteiger partial charge is 0.298 e. The van der Waals surface area contributed by atoms with Gasteiger partial charge in [0.25, 0.3) is 0 Å². The normalized spacial score (nSPS) is 10.6. The van der Waals surface area contributed by atoms with Crippen molar-refractivity contribution in [3.05, 3.63) is 52.8 Å². The zero-order valence-corrected chi connectivity index (χ0v) is 12.4. The van der Waals surface area contributed by atoms with E-state index in [-0.39, 0.29) is 0 Å². The number of pyridine rings is 1. The Morgan fingerprint density at radius 3 is 2.10 bits per heavy atom. The van der Waals surface area contributed by atoms with Crippen molar-refractivity contribution in [3.8, 4) is 11.1 Å². The molecule has 1 heterocycles. The summed E-state index contributed by atoms with van der Waals surface area (Å²) in [6.07, 6.45) is 7.34. The molecule has 0 bridgehead atoms. The molecule has 104 valence electrons. The molecule has 0 aliphatic carbocycles. The van der Waals surface area contributed by atoms with Crippen LogP contribution in [-0.4, -0.2) is 11.3 Å². The van der Waals surface area contributed by atoms with Gasteiger partial charge in [-0.25, -0.2) is 0 Å². The van der Waals surface area contributed by atoms with E-state index in [2.05, 4.69) is 37.9 Å². The standard InChI is InChI=1S/C18H21NO/c1-4-13-7-15(5-2)18(16(6-3)8-13)17-9-14(12-20)10-19-11-17/h7-12H,4-6H2,1-3H3. The smallest absolute Gasteiger partial charge is 0.151 e. The van der Waals surface area contributed by atoms with Gasteiger partial charge >= 0.3 is 0 Å². The molecule has 0 fully saturated rings. The highest BCUT2D eigenvalue weighted by Gasteiger charge is 2.11. The van der Waals surface area contributed by atoms with Gasteiger partial charge in [-0.05, 0) is 47.6 Å². The summed E-state index contributed by atoms with van der Waals surface area (Å²) in [5, 5.41) is 0. The fourth-order valence-electron chi connectivity index (χ4n) is 2.63. The van der Waals surface area contributed by atoms with Crippen LogP contribution >= 0.6 is 0 Å². The molecule has 1 aromatic carbocycles. The highest BCUT2D eigenvalue weighted by molar-refractivity contribution is 5.80. The molecule has 20 heavy (non-hydrogen) atoms. The predicted molar refractivity (Wildman–Crippen MR) is 83.2 cm³/mol. The first-order valence-electron chi connectivity index (χ1n) is 7.28. The number of aldehydes is 1. The lowest BCUT2D eigenvalue weighted by Crippen LogP contribution is -1.98. The first-order chi connectivity index (χ1) is 9.73. The van der Waals surface area contributed by atoms with Gasteiger partial charge in [0, 0.05) is 23.5 Å². The molecule has 0 atom stereocenters. The first kappa shape index (κ1) is 14.4. The zero-order chi connectivity index (χ0) is 14.5. The van der Waals surface area contributed by atoms with Gasteiger partial charge in [-0.1, -0.05) is 32.9 Å². The number of rotatable bonds is 5. The molecule has 0 amide bonds. The van der Waals surface area contributed by atoms with Gasteiger partial charge in [0.15, 0.2) is 6.29 Å². The minimum absolute atomic E-state index is 0.631. The van der Waals surface area contributed by atoms with E-state index in [1.54, 1.807) is 6.20 Å². The lowest BCUT2D eigenvalue weighted by Gasteiger charge is -2.16. The third-order valence-corrected chi connectivity index (χ3v) is 3.72. The van der Waals surface area contributed by atoms with Crippen LogP contribution in [0.3, 0.4) is 0 Å². The van der Waals surface area contributed by atoms with E-state index in [4.69, 9.17) is 0 Å². The molecule has 2 aromatic rings. The van der Waals surface area contributed by atoms with E-state index < -0.39 is 0 Å². The number of aromatic nitrogens is 1. The lowest BCUT2D eigenvalue weighted by molar-refractivity contribution is 0.112. The van der Waals surface area contributed by atoms with Crippen molar-refractivity contribution in [2.24, 2.45) is 0 Å². The molecular weight excluding hydrogens is 246 g/mol. The third-order valence-electron chi connectivity index (χ3n) is 3.72. The minimum atomic E-state index is 0.631. The van der Waals surface area contributed by atoms with Crippen LogP contribution in [0, 0.1) is 0 Å².